The zero-order chi connectivity index (χ0) is 22.2. The lowest BCUT2D eigenvalue weighted by Crippen LogP contribution is -2.40. The van der Waals surface area contributed by atoms with Crippen LogP contribution in [0.3, 0.4) is 0 Å². The first-order valence-corrected chi connectivity index (χ1v) is 10.8. The van der Waals surface area contributed by atoms with Gasteiger partial charge in [0.25, 0.3) is 0 Å². The number of rotatable bonds is 5. The van der Waals surface area contributed by atoms with Gasteiger partial charge >= 0.3 is 0 Å². The number of methoxy groups -OCH3 is 2. The highest BCUT2D eigenvalue weighted by atomic mass is 32.1. The van der Waals surface area contributed by atoms with Gasteiger partial charge in [-0.05, 0) is 57.1 Å². The van der Waals surface area contributed by atoms with Crippen molar-refractivity contribution in [2.75, 3.05) is 24.9 Å². The number of hydrogen-bond donors (Lipinski definition) is 3. The molecule has 1 aliphatic rings. The van der Waals surface area contributed by atoms with Gasteiger partial charge < -0.3 is 20.1 Å². The minimum Gasteiger partial charge on any atom is -0.497 e. The number of guanidine groups is 1. The summed E-state index contributed by atoms with van der Waals surface area (Å²) in [6.45, 7) is 3.88. The van der Waals surface area contributed by atoms with Crippen LogP contribution in [0.1, 0.15) is 43.5 Å². The Bertz CT molecular complexity index is 923. The van der Waals surface area contributed by atoms with Crippen molar-refractivity contribution in [3.8, 4) is 11.5 Å². The predicted octanol–water partition coefficient (Wildman–Crippen LogP) is 4.20. The molecule has 0 bridgehead atoms. The average Bonchev–Trinajstić information content (AvgIpc) is 2.74. The maximum Gasteiger partial charge on any atom is 0.229 e. The molecule has 166 valence electrons. The Kier molecular flexibility index (Phi) is 8.00. The third kappa shape index (κ3) is 6.78. The molecule has 0 radical (unpaired) electrons. The lowest BCUT2D eigenvalue weighted by Gasteiger charge is -2.21. The van der Waals surface area contributed by atoms with Crippen LogP contribution >= 0.6 is 12.2 Å². The quantitative estimate of drug-likeness (QED) is 0.360. The van der Waals surface area contributed by atoms with Gasteiger partial charge in [-0.25, -0.2) is 15.0 Å². The van der Waals surface area contributed by atoms with Crippen LogP contribution in [0, 0.1) is 13.8 Å². The van der Waals surface area contributed by atoms with Gasteiger partial charge in [-0.15, -0.1) is 0 Å². The number of thiocarbonyl (C=S) groups is 1. The van der Waals surface area contributed by atoms with E-state index in [-0.39, 0.29) is 6.04 Å². The molecule has 0 unspecified atom stereocenters. The van der Waals surface area contributed by atoms with E-state index in [0.29, 0.717) is 28.5 Å². The molecule has 3 rings (SSSR count). The Labute approximate surface area is 188 Å². The van der Waals surface area contributed by atoms with Gasteiger partial charge in [0.1, 0.15) is 11.5 Å². The predicted molar refractivity (Wildman–Crippen MR) is 128 cm³/mol. The molecule has 0 amide bonds. The third-order valence-electron chi connectivity index (χ3n) is 4.99. The van der Waals surface area contributed by atoms with Gasteiger partial charge in [-0.1, -0.05) is 19.3 Å². The van der Waals surface area contributed by atoms with Gasteiger partial charge in [0.05, 0.1) is 25.9 Å². The maximum absolute atomic E-state index is 5.55. The molecule has 0 aliphatic heterocycles. The van der Waals surface area contributed by atoms with E-state index in [2.05, 4.69) is 25.9 Å². The molecular formula is C22H30N6O2S. The van der Waals surface area contributed by atoms with Gasteiger partial charge in [-0.3, -0.25) is 5.32 Å². The number of benzene rings is 1. The zero-order valence-corrected chi connectivity index (χ0v) is 19.3. The van der Waals surface area contributed by atoms with Crippen LogP contribution in [-0.4, -0.2) is 41.3 Å². The van der Waals surface area contributed by atoms with Crippen LogP contribution in [0.5, 0.6) is 11.5 Å². The van der Waals surface area contributed by atoms with E-state index in [4.69, 9.17) is 26.7 Å². The molecule has 0 spiro atoms. The Morgan fingerprint density at radius 2 is 1.71 bits per heavy atom. The number of aryl methyl sites for hydroxylation is 2. The number of ether oxygens (including phenoxy) is 2. The van der Waals surface area contributed by atoms with E-state index in [1.165, 1.54) is 19.3 Å². The summed E-state index contributed by atoms with van der Waals surface area (Å²) >= 11 is 5.55. The molecule has 1 aliphatic carbocycles. The molecule has 8 nitrogen and oxygen atoms in total. The molecule has 0 saturated heterocycles. The lowest BCUT2D eigenvalue weighted by molar-refractivity contribution is 0.395. The highest BCUT2D eigenvalue weighted by Gasteiger charge is 2.15. The number of nitrogens with one attached hydrogen (secondary N) is 3. The van der Waals surface area contributed by atoms with Gasteiger partial charge in [0.2, 0.25) is 11.9 Å². The molecular weight excluding hydrogens is 412 g/mol. The average molecular weight is 443 g/mol. The molecule has 9 heteroatoms. The molecule has 0 atom stereocenters. The molecule has 3 N–H and O–H groups in total. The van der Waals surface area contributed by atoms with Crippen molar-refractivity contribution in [1.82, 2.24) is 15.3 Å². The molecule has 1 aromatic heterocycles. The monoisotopic (exact) mass is 442 g/mol. The summed E-state index contributed by atoms with van der Waals surface area (Å²) in [5.74, 6) is 2.35. The van der Waals surface area contributed by atoms with Crippen molar-refractivity contribution in [3.63, 3.8) is 0 Å². The molecule has 1 fully saturated rings. The molecule has 1 saturated carbocycles. The normalized spacial score (nSPS) is 14.6. The second-order valence-electron chi connectivity index (χ2n) is 7.51. The molecule has 1 aromatic carbocycles. The van der Waals surface area contributed by atoms with Crippen molar-refractivity contribution in [1.29, 1.82) is 0 Å². The summed E-state index contributed by atoms with van der Waals surface area (Å²) in [5, 5.41) is 9.93. The number of aromatic nitrogens is 2. The van der Waals surface area contributed by atoms with E-state index >= 15 is 0 Å². The topological polar surface area (TPSA) is 92.7 Å². The van der Waals surface area contributed by atoms with Crippen molar-refractivity contribution in [3.05, 3.63) is 35.7 Å². The van der Waals surface area contributed by atoms with Crippen LogP contribution in [-0.2, 0) is 0 Å². The molecule has 1 heterocycles. The maximum atomic E-state index is 5.55. The van der Waals surface area contributed by atoms with Gasteiger partial charge in [0.15, 0.2) is 5.11 Å². The standard InChI is InChI=1S/C22H30N6O2S/c1-14-12-15(2)24-20(23-14)27-21(25-16-8-6-5-7-9-16)28-22(31)26-18-11-10-17(29-3)13-19(18)30-4/h10-13,16H,5-9H2,1-4H3,(H3,23,24,25,26,27,28,31). The fourth-order valence-electron chi connectivity index (χ4n) is 3.54. The van der Waals surface area contributed by atoms with E-state index in [9.17, 15) is 0 Å². The van der Waals surface area contributed by atoms with Gasteiger partial charge in [-0.2, -0.15) is 0 Å². The first-order chi connectivity index (χ1) is 15.0. The molecule has 31 heavy (non-hydrogen) atoms. The number of anilines is 2. The van der Waals surface area contributed by atoms with E-state index in [0.717, 1.165) is 29.9 Å². The van der Waals surface area contributed by atoms with Crippen LogP contribution < -0.4 is 25.4 Å². The highest BCUT2D eigenvalue weighted by Crippen LogP contribution is 2.29. The highest BCUT2D eigenvalue weighted by molar-refractivity contribution is 7.80. The van der Waals surface area contributed by atoms with Crippen LogP contribution in [0.2, 0.25) is 0 Å². The largest absolute Gasteiger partial charge is 0.497 e. The number of nitrogens with zero attached hydrogens (tertiary/aromatic N) is 3. The summed E-state index contributed by atoms with van der Waals surface area (Å²) in [7, 11) is 3.22. The summed E-state index contributed by atoms with van der Waals surface area (Å²) in [5.41, 5.74) is 2.49. The van der Waals surface area contributed by atoms with E-state index in [1.54, 1.807) is 20.3 Å². The first kappa shape index (κ1) is 22.7. The van der Waals surface area contributed by atoms with Crippen molar-refractivity contribution >= 4 is 34.9 Å². The minimum atomic E-state index is 0.243. The lowest BCUT2D eigenvalue weighted by atomic mass is 9.96. The van der Waals surface area contributed by atoms with Crippen LogP contribution in [0.25, 0.3) is 0 Å². The fraction of sp³-hybridized carbons (Fsp3) is 0.455. The van der Waals surface area contributed by atoms with Crippen LogP contribution in [0.15, 0.2) is 29.3 Å². The second kappa shape index (κ2) is 10.9. The smallest absolute Gasteiger partial charge is 0.229 e. The minimum absolute atomic E-state index is 0.243. The Morgan fingerprint density at radius 1 is 1.00 bits per heavy atom. The number of aliphatic imine (C=N–C) groups is 1. The third-order valence-corrected chi connectivity index (χ3v) is 5.19. The van der Waals surface area contributed by atoms with Crippen LogP contribution in [0.4, 0.5) is 11.6 Å². The summed E-state index contributed by atoms with van der Waals surface area (Å²) < 4.78 is 10.7. The Morgan fingerprint density at radius 3 is 2.35 bits per heavy atom. The van der Waals surface area contributed by atoms with E-state index < -0.39 is 0 Å². The number of hydrogen-bond acceptors (Lipinski definition) is 6. The first-order valence-electron chi connectivity index (χ1n) is 10.4. The summed E-state index contributed by atoms with van der Waals surface area (Å²) in [6, 6.07) is 7.66. The van der Waals surface area contributed by atoms with Crippen molar-refractivity contribution < 1.29 is 9.47 Å². The Hall–Kier alpha value is -2.94. The van der Waals surface area contributed by atoms with Crippen molar-refractivity contribution in [2.45, 2.75) is 52.0 Å². The summed E-state index contributed by atoms with van der Waals surface area (Å²) in [6.07, 6.45) is 5.76. The molecule has 2 aromatic rings. The zero-order valence-electron chi connectivity index (χ0n) is 18.5. The second-order valence-corrected chi connectivity index (χ2v) is 7.92. The van der Waals surface area contributed by atoms with E-state index in [1.807, 2.05) is 32.0 Å². The fourth-order valence-corrected chi connectivity index (χ4v) is 3.75. The SMILES string of the molecule is COc1ccc(NC(=S)NC(=NC2CCCCC2)Nc2nc(C)cc(C)n2)c(OC)c1. The summed E-state index contributed by atoms with van der Waals surface area (Å²) in [4.78, 5) is 13.8. The van der Waals surface area contributed by atoms with Crippen molar-refractivity contribution in [2.24, 2.45) is 4.99 Å². The Balaban J connectivity index is 1.77. The van der Waals surface area contributed by atoms with Gasteiger partial charge in [0, 0.05) is 17.5 Å².